The van der Waals surface area contributed by atoms with Crippen LogP contribution < -0.4 is 0 Å². The SMILES string of the molecule is Cc1noc2c1CCN(C(=O)C(C)N1C(=O)c3ccccc3C1=O)C2. The van der Waals surface area contributed by atoms with Gasteiger partial charge in [0.05, 0.1) is 23.4 Å². The molecule has 4 rings (SSSR count). The van der Waals surface area contributed by atoms with Gasteiger partial charge in [0, 0.05) is 12.1 Å². The van der Waals surface area contributed by atoms with Gasteiger partial charge in [0.15, 0.2) is 5.76 Å². The molecule has 0 bridgehead atoms. The van der Waals surface area contributed by atoms with Crippen molar-refractivity contribution in [2.45, 2.75) is 32.9 Å². The first kappa shape index (κ1) is 15.6. The van der Waals surface area contributed by atoms with Gasteiger partial charge in [0.1, 0.15) is 6.04 Å². The zero-order valence-corrected chi connectivity index (χ0v) is 14.0. The van der Waals surface area contributed by atoms with Gasteiger partial charge in [-0.2, -0.15) is 0 Å². The monoisotopic (exact) mass is 339 g/mol. The Morgan fingerprint density at radius 3 is 2.48 bits per heavy atom. The van der Waals surface area contributed by atoms with E-state index in [9.17, 15) is 14.4 Å². The summed E-state index contributed by atoms with van der Waals surface area (Å²) in [5.74, 6) is -0.440. The number of nitrogens with zero attached hydrogens (tertiary/aromatic N) is 3. The summed E-state index contributed by atoms with van der Waals surface area (Å²) in [5.41, 5.74) is 2.57. The summed E-state index contributed by atoms with van der Waals surface area (Å²) in [6.45, 7) is 4.29. The number of hydrogen-bond donors (Lipinski definition) is 0. The molecule has 2 aliphatic heterocycles. The van der Waals surface area contributed by atoms with Crippen molar-refractivity contribution in [1.82, 2.24) is 15.0 Å². The van der Waals surface area contributed by atoms with Crippen molar-refractivity contribution >= 4 is 17.7 Å². The summed E-state index contributed by atoms with van der Waals surface area (Å²) in [6.07, 6.45) is 0.658. The minimum atomic E-state index is -0.863. The molecular weight excluding hydrogens is 322 g/mol. The number of fused-ring (bicyclic) bond motifs is 2. The van der Waals surface area contributed by atoms with Crippen LogP contribution in [0.5, 0.6) is 0 Å². The highest BCUT2D eigenvalue weighted by molar-refractivity contribution is 6.22. The van der Waals surface area contributed by atoms with E-state index in [1.165, 1.54) is 0 Å². The molecule has 7 nitrogen and oxygen atoms in total. The molecule has 0 fully saturated rings. The van der Waals surface area contributed by atoms with E-state index in [1.807, 2.05) is 6.92 Å². The maximum Gasteiger partial charge on any atom is 0.262 e. The molecule has 0 radical (unpaired) electrons. The fraction of sp³-hybridized carbons (Fsp3) is 0.333. The summed E-state index contributed by atoms with van der Waals surface area (Å²) in [4.78, 5) is 40.6. The van der Waals surface area contributed by atoms with E-state index in [2.05, 4.69) is 5.16 Å². The van der Waals surface area contributed by atoms with Crippen LogP contribution in [0.2, 0.25) is 0 Å². The lowest BCUT2D eigenvalue weighted by Gasteiger charge is -2.31. The molecule has 0 aliphatic carbocycles. The van der Waals surface area contributed by atoms with Crippen molar-refractivity contribution in [1.29, 1.82) is 0 Å². The van der Waals surface area contributed by atoms with Crippen LogP contribution in [-0.2, 0) is 17.8 Å². The smallest absolute Gasteiger partial charge is 0.262 e. The lowest BCUT2D eigenvalue weighted by molar-refractivity contribution is -0.136. The Balaban J connectivity index is 1.56. The average Bonchev–Trinajstić information content (AvgIpc) is 3.12. The van der Waals surface area contributed by atoms with Crippen LogP contribution in [0.25, 0.3) is 0 Å². The zero-order valence-electron chi connectivity index (χ0n) is 14.0. The van der Waals surface area contributed by atoms with Crippen LogP contribution in [0.15, 0.2) is 28.8 Å². The number of hydrogen-bond acceptors (Lipinski definition) is 5. The molecule has 1 unspecified atom stereocenters. The molecule has 25 heavy (non-hydrogen) atoms. The fourth-order valence-electron chi connectivity index (χ4n) is 3.50. The zero-order chi connectivity index (χ0) is 17.7. The third-order valence-corrected chi connectivity index (χ3v) is 4.91. The quantitative estimate of drug-likeness (QED) is 0.775. The molecule has 2 aliphatic rings. The lowest BCUT2D eigenvalue weighted by Crippen LogP contribution is -2.50. The molecule has 0 N–H and O–H groups in total. The van der Waals surface area contributed by atoms with Crippen LogP contribution >= 0.6 is 0 Å². The minimum absolute atomic E-state index is 0.269. The van der Waals surface area contributed by atoms with E-state index < -0.39 is 17.9 Å². The van der Waals surface area contributed by atoms with Gasteiger partial charge in [0.2, 0.25) is 5.91 Å². The molecule has 0 saturated carbocycles. The van der Waals surface area contributed by atoms with Crippen molar-refractivity contribution in [3.05, 3.63) is 52.4 Å². The number of amides is 3. The van der Waals surface area contributed by atoms with Gasteiger partial charge in [-0.05, 0) is 32.4 Å². The summed E-state index contributed by atoms with van der Waals surface area (Å²) in [5, 5.41) is 3.93. The normalized spacial score (nSPS) is 17.5. The van der Waals surface area contributed by atoms with Gasteiger partial charge in [-0.15, -0.1) is 0 Å². The first-order chi connectivity index (χ1) is 12.0. The van der Waals surface area contributed by atoms with Gasteiger partial charge in [-0.25, -0.2) is 0 Å². The van der Waals surface area contributed by atoms with E-state index in [0.717, 1.165) is 16.2 Å². The highest BCUT2D eigenvalue weighted by atomic mass is 16.5. The topological polar surface area (TPSA) is 83.7 Å². The molecule has 1 aromatic carbocycles. The Morgan fingerprint density at radius 2 is 1.84 bits per heavy atom. The summed E-state index contributed by atoms with van der Waals surface area (Å²) in [6, 6.07) is 5.77. The Hall–Kier alpha value is -2.96. The first-order valence-corrected chi connectivity index (χ1v) is 8.18. The molecule has 128 valence electrons. The van der Waals surface area contributed by atoms with Gasteiger partial charge < -0.3 is 9.42 Å². The van der Waals surface area contributed by atoms with E-state index in [0.29, 0.717) is 36.4 Å². The minimum Gasteiger partial charge on any atom is -0.359 e. The van der Waals surface area contributed by atoms with Crippen molar-refractivity contribution < 1.29 is 18.9 Å². The van der Waals surface area contributed by atoms with Gasteiger partial charge in [0.25, 0.3) is 11.8 Å². The van der Waals surface area contributed by atoms with Gasteiger partial charge >= 0.3 is 0 Å². The molecule has 1 aromatic heterocycles. The molecule has 7 heteroatoms. The fourth-order valence-corrected chi connectivity index (χ4v) is 3.50. The Bertz CT molecular complexity index is 866. The summed E-state index contributed by atoms with van der Waals surface area (Å²) < 4.78 is 5.27. The number of imide groups is 1. The predicted molar refractivity (Wildman–Crippen MR) is 86.8 cm³/mol. The highest BCUT2D eigenvalue weighted by Crippen LogP contribution is 2.27. The van der Waals surface area contributed by atoms with E-state index in [-0.39, 0.29) is 5.91 Å². The number of benzene rings is 1. The van der Waals surface area contributed by atoms with E-state index >= 15 is 0 Å². The van der Waals surface area contributed by atoms with Crippen molar-refractivity contribution in [2.75, 3.05) is 6.54 Å². The Morgan fingerprint density at radius 1 is 1.20 bits per heavy atom. The van der Waals surface area contributed by atoms with Crippen molar-refractivity contribution in [2.24, 2.45) is 0 Å². The third-order valence-electron chi connectivity index (χ3n) is 4.91. The molecule has 2 aromatic rings. The van der Waals surface area contributed by atoms with Crippen LogP contribution in [0.4, 0.5) is 0 Å². The average molecular weight is 339 g/mol. The molecule has 0 saturated heterocycles. The Labute approximate surface area is 144 Å². The van der Waals surface area contributed by atoms with Gasteiger partial charge in [-0.3, -0.25) is 19.3 Å². The third kappa shape index (κ3) is 2.26. The summed E-state index contributed by atoms with van der Waals surface area (Å²) >= 11 is 0. The van der Waals surface area contributed by atoms with Crippen molar-refractivity contribution in [3.8, 4) is 0 Å². The predicted octanol–water partition coefficient (Wildman–Crippen LogP) is 1.55. The maximum atomic E-state index is 12.9. The molecule has 3 heterocycles. The van der Waals surface area contributed by atoms with Gasteiger partial charge in [-0.1, -0.05) is 17.3 Å². The first-order valence-electron chi connectivity index (χ1n) is 8.18. The Kier molecular flexibility index (Phi) is 3.45. The largest absolute Gasteiger partial charge is 0.359 e. The highest BCUT2D eigenvalue weighted by Gasteiger charge is 2.42. The molecule has 1 atom stereocenters. The lowest BCUT2D eigenvalue weighted by atomic mass is 10.0. The van der Waals surface area contributed by atoms with Crippen LogP contribution in [-0.4, -0.2) is 45.3 Å². The number of aromatic nitrogens is 1. The van der Waals surface area contributed by atoms with Crippen LogP contribution in [0, 0.1) is 6.92 Å². The number of carbonyl (C=O) groups is 3. The molecule has 0 spiro atoms. The van der Waals surface area contributed by atoms with E-state index in [4.69, 9.17) is 4.52 Å². The second-order valence-electron chi connectivity index (χ2n) is 6.38. The number of carbonyl (C=O) groups excluding carboxylic acids is 3. The summed E-state index contributed by atoms with van der Waals surface area (Å²) in [7, 11) is 0. The second-order valence-corrected chi connectivity index (χ2v) is 6.38. The van der Waals surface area contributed by atoms with Crippen LogP contribution in [0.3, 0.4) is 0 Å². The van der Waals surface area contributed by atoms with E-state index in [1.54, 1.807) is 36.1 Å². The maximum absolute atomic E-state index is 12.9. The second kappa shape index (κ2) is 5.54. The number of aryl methyl sites for hydroxylation is 1. The van der Waals surface area contributed by atoms with Crippen molar-refractivity contribution in [3.63, 3.8) is 0 Å². The number of rotatable bonds is 2. The van der Waals surface area contributed by atoms with Crippen LogP contribution in [0.1, 0.15) is 44.7 Å². The molecular formula is C18H17N3O4. The molecule has 3 amide bonds. The standard InChI is InChI=1S/C18H17N3O4/c1-10-12-7-8-20(9-15(12)25-19-10)16(22)11(2)21-17(23)13-5-3-4-6-14(13)18(21)24/h3-6,11H,7-9H2,1-2H3.